The van der Waals surface area contributed by atoms with E-state index in [0.717, 1.165) is 0 Å². The Bertz CT molecular complexity index is 958. The molecule has 3 rings (SSSR count). The normalized spacial score (nSPS) is 17.6. The van der Waals surface area contributed by atoms with Crippen LogP contribution in [0, 0.1) is 5.92 Å². The summed E-state index contributed by atoms with van der Waals surface area (Å²) >= 11 is 0. The monoisotopic (exact) mass is 496 g/mol. The summed E-state index contributed by atoms with van der Waals surface area (Å²) < 4.78 is 0. The second-order valence-electron chi connectivity index (χ2n) is 8.09. The summed E-state index contributed by atoms with van der Waals surface area (Å²) in [6.07, 6.45) is 17.9. The largest absolute Gasteiger partial charge is 1.00 e. The summed E-state index contributed by atoms with van der Waals surface area (Å²) in [7, 11) is 4.13. The number of hydrogen-bond donors (Lipinski definition) is 0. The zero-order valence-electron chi connectivity index (χ0n) is 18.3. The maximum Gasteiger partial charge on any atom is 0.0361 e. The van der Waals surface area contributed by atoms with E-state index in [4.69, 9.17) is 0 Å². The molecular formula is C27H31IN-. The third kappa shape index (κ3) is 5.51. The van der Waals surface area contributed by atoms with Gasteiger partial charge < -0.3 is 28.9 Å². The highest BCUT2D eigenvalue weighted by Crippen LogP contribution is 2.39. The highest BCUT2D eigenvalue weighted by molar-refractivity contribution is 5.72. The summed E-state index contributed by atoms with van der Waals surface area (Å²) in [5.41, 5.74) is 10.5. The molecule has 152 valence electrons. The molecule has 2 heteroatoms. The van der Waals surface area contributed by atoms with E-state index in [1.54, 1.807) is 0 Å². The molecule has 0 saturated carbocycles. The third-order valence-electron chi connectivity index (χ3n) is 5.34. The van der Waals surface area contributed by atoms with E-state index in [0.29, 0.717) is 5.92 Å². The fourth-order valence-electron chi connectivity index (χ4n) is 3.60. The molecular weight excluding hydrogens is 465 g/mol. The molecule has 0 fully saturated rings. The van der Waals surface area contributed by atoms with Crippen molar-refractivity contribution >= 4 is 11.8 Å². The lowest BCUT2D eigenvalue weighted by atomic mass is 9.90. The van der Waals surface area contributed by atoms with Crippen molar-refractivity contribution in [2.45, 2.75) is 27.7 Å². The lowest BCUT2D eigenvalue weighted by molar-refractivity contribution is -0.00000581. The Kier molecular flexibility index (Phi) is 8.09. The van der Waals surface area contributed by atoms with Crippen molar-refractivity contribution in [2.24, 2.45) is 5.92 Å². The minimum Gasteiger partial charge on any atom is -1.00 e. The number of benzene rings is 1. The molecule has 0 N–H and O–H groups in total. The average molecular weight is 496 g/mol. The van der Waals surface area contributed by atoms with Gasteiger partial charge in [0.25, 0.3) is 0 Å². The van der Waals surface area contributed by atoms with Gasteiger partial charge in [-0.2, -0.15) is 0 Å². The molecule has 29 heavy (non-hydrogen) atoms. The molecule has 2 aliphatic carbocycles. The zero-order valence-corrected chi connectivity index (χ0v) is 20.5. The van der Waals surface area contributed by atoms with E-state index in [2.05, 4.69) is 120 Å². The topological polar surface area (TPSA) is 3.24 Å². The van der Waals surface area contributed by atoms with Crippen LogP contribution in [0.3, 0.4) is 0 Å². The fraction of sp³-hybridized carbons (Fsp3) is 0.259. The minimum atomic E-state index is 0. The number of allylic oxidation sites excluding steroid dienone is 13. The molecule has 0 radical (unpaired) electrons. The first-order valence-electron chi connectivity index (χ1n) is 10.0. The van der Waals surface area contributed by atoms with Gasteiger partial charge in [-0.1, -0.05) is 74.6 Å². The Balaban J connectivity index is 0.00000300. The lowest BCUT2D eigenvalue weighted by Gasteiger charge is -2.14. The Morgan fingerprint density at radius 3 is 2.28 bits per heavy atom. The minimum absolute atomic E-state index is 0. The molecule has 0 saturated heterocycles. The molecule has 2 aliphatic rings. The van der Waals surface area contributed by atoms with Gasteiger partial charge in [-0.05, 0) is 70.9 Å². The first-order valence-corrected chi connectivity index (χ1v) is 10.0. The predicted molar refractivity (Wildman–Crippen MR) is 124 cm³/mol. The van der Waals surface area contributed by atoms with E-state index in [1.807, 2.05) is 0 Å². The molecule has 0 unspecified atom stereocenters. The smallest absolute Gasteiger partial charge is 0.0361 e. The van der Waals surface area contributed by atoms with Crippen molar-refractivity contribution in [3.05, 3.63) is 106 Å². The highest BCUT2D eigenvalue weighted by Gasteiger charge is 2.21. The Morgan fingerprint density at radius 1 is 0.966 bits per heavy atom. The van der Waals surface area contributed by atoms with Crippen LogP contribution in [0.15, 0.2) is 100 Å². The van der Waals surface area contributed by atoms with E-state index in [9.17, 15) is 0 Å². The number of rotatable bonds is 4. The van der Waals surface area contributed by atoms with Crippen LogP contribution in [-0.4, -0.2) is 14.1 Å². The van der Waals surface area contributed by atoms with Crippen LogP contribution in [0.2, 0.25) is 0 Å². The predicted octanol–water partition coefficient (Wildman–Crippen LogP) is 4.05. The van der Waals surface area contributed by atoms with E-state index >= 15 is 0 Å². The van der Waals surface area contributed by atoms with Gasteiger partial charge in [0.1, 0.15) is 0 Å². The van der Waals surface area contributed by atoms with Gasteiger partial charge in [-0.3, -0.25) is 0 Å². The van der Waals surface area contributed by atoms with Crippen LogP contribution in [0.1, 0.15) is 33.3 Å². The van der Waals surface area contributed by atoms with Crippen LogP contribution < -0.4 is 28.9 Å². The zero-order chi connectivity index (χ0) is 20.3. The Labute approximate surface area is 193 Å². The summed E-state index contributed by atoms with van der Waals surface area (Å²) in [5.74, 6) is 0.516. The summed E-state index contributed by atoms with van der Waals surface area (Å²) in [6.45, 7) is 8.93. The second-order valence-corrected chi connectivity index (χ2v) is 8.09. The number of hydrogen-bond acceptors (Lipinski definition) is 1. The highest BCUT2D eigenvalue weighted by atomic mass is 127. The number of nitrogens with zero attached hydrogens (tertiary/aromatic N) is 1. The first kappa shape index (κ1) is 23.2. The molecule has 0 amide bonds. The first-order chi connectivity index (χ1) is 13.4. The van der Waals surface area contributed by atoms with Gasteiger partial charge in [0.15, 0.2) is 0 Å². The van der Waals surface area contributed by atoms with Gasteiger partial charge in [-0.15, -0.1) is 0 Å². The number of fused-ring (bicyclic) bond motifs is 1. The Hall–Kier alpha value is -2.07. The standard InChI is InChI=1S/C27H31N.HI/c1-19(2)23-11-7-9-20(3)27-24(17-21(4)26(27)18-23)12-8-10-22-13-15-25(16-14-22)28(5)6;/h7-19H,1-6H3;1H/p-1/b9-7?,10-8+,11-7?,20-9?,23-11?,23-18?,24-12-,26-18?,27-20?;. The molecule has 0 heterocycles. The molecule has 0 aliphatic heterocycles. The maximum atomic E-state index is 2.36. The van der Waals surface area contributed by atoms with Gasteiger partial charge in [0.2, 0.25) is 0 Å². The molecule has 1 aromatic rings. The summed E-state index contributed by atoms with van der Waals surface area (Å²) in [6, 6.07) is 8.63. The SMILES string of the molecule is CC1=C/C(=C/C=C/c2ccc(N(C)C)cc2)C2=C(C)C=CC=C(C(C)C)C=C12.[I-]. The number of anilines is 1. The van der Waals surface area contributed by atoms with Gasteiger partial charge in [0.05, 0.1) is 0 Å². The Morgan fingerprint density at radius 2 is 1.66 bits per heavy atom. The second kappa shape index (κ2) is 10.1. The van der Waals surface area contributed by atoms with E-state index in [1.165, 1.54) is 44.7 Å². The van der Waals surface area contributed by atoms with Gasteiger partial charge in [0, 0.05) is 19.8 Å². The van der Waals surface area contributed by atoms with E-state index in [-0.39, 0.29) is 24.0 Å². The van der Waals surface area contributed by atoms with Gasteiger partial charge >= 0.3 is 0 Å². The third-order valence-corrected chi connectivity index (χ3v) is 5.34. The quantitative estimate of drug-likeness (QED) is 0.569. The van der Waals surface area contributed by atoms with Crippen LogP contribution >= 0.6 is 0 Å². The van der Waals surface area contributed by atoms with Crippen LogP contribution in [0.5, 0.6) is 0 Å². The van der Waals surface area contributed by atoms with Crippen molar-refractivity contribution in [1.29, 1.82) is 0 Å². The molecule has 1 aromatic carbocycles. The molecule has 1 nitrogen and oxygen atoms in total. The van der Waals surface area contributed by atoms with Crippen molar-refractivity contribution in [3.63, 3.8) is 0 Å². The fourth-order valence-corrected chi connectivity index (χ4v) is 3.60. The lowest BCUT2D eigenvalue weighted by Crippen LogP contribution is -3.00. The van der Waals surface area contributed by atoms with Crippen LogP contribution in [0.4, 0.5) is 5.69 Å². The number of halogens is 1. The van der Waals surface area contributed by atoms with Gasteiger partial charge in [-0.25, -0.2) is 0 Å². The molecule has 0 spiro atoms. The maximum absolute atomic E-state index is 2.36. The van der Waals surface area contributed by atoms with Crippen molar-refractivity contribution in [1.82, 2.24) is 0 Å². The molecule has 0 atom stereocenters. The van der Waals surface area contributed by atoms with Crippen molar-refractivity contribution < 1.29 is 24.0 Å². The van der Waals surface area contributed by atoms with Crippen molar-refractivity contribution in [3.8, 4) is 0 Å². The molecule has 0 aromatic heterocycles. The van der Waals surface area contributed by atoms with E-state index < -0.39 is 0 Å². The summed E-state index contributed by atoms with van der Waals surface area (Å²) in [4.78, 5) is 2.12. The van der Waals surface area contributed by atoms with Crippen molar-refractivity contribution in [2.75, 3.05) is 19.0 Å². The average Bonchev–Trinajstić information content (AvgIpc) is 2.94. The van der Waals surface area contributed by atoms with Crippen LogP contribution in [0.25, 0.3) is 6.08 Å². The summed E-state index contributed by atoms with van der Waals surface area (Å²) in [5, 5.41) is 0. The van der Waals surface area contributed by atoms with Crippen LogP contribution in [-0.2, 0) is 0 Å². The molecule has 0 bridgehead atoms.